The Morgan fingerprint density at radius 3 is 2.78 bits per heavy atom. The van der Waals surface area contributed by atoms with E-state index >= 15 is 0 Å². The smallest absolute Gasteiger partial charge is 0.423 e. The van der Waals surface area contributed by atoms with E-state index in [0.717, 1.165) is 11.1 Å². The van der Waals surface area contributed by atoms with Gasteiger partial charge in [0.15, 0.2) is 0 Å². The predicted molar refractivity (Wildman–Crippen MR) is 67.8 cm³/mol. The molecule has 0 amide bonds. The molecule has 1 aromatic carbocycles. The van der Waals surface area contributed by atoms with Crippen molar-refractivity contribution in [2.24, 2.45) is 0 Å². The molecular formula is C11H10BFN2O2S. The third kappa shape index (κ3) is 3.28. The summed E-state index contributed by atoms with van der Waals surface area (Å²) in [5.41, 5.74) is 0.827. The van der Waals surface area contributed by atoms with E-state index in [9.17, 15) is 14.4 Å². The lowest BCUT2D eigenvalue weighted by molar-refractivity contribution is 0.425. The Balaban J connectivity index is 2.14. The number of thioether (sulfide) groups is 1. The third-order valence-electron chi connectivity index (χ3n) is 2.30. The van der Waals surface area contributed by atoms with E-state index in [2.05, 4.69) is 9.97 Å². The first-order valence-corrected chi connectivity index (χ1v) is 6.18. The van der Waals surface area contributed by atoms with Crippen molar-refractivity contribution in [3.05, 3.63) is 48.2 Å². The maximum absolute atomic E-state index is 13.0. The van der Waals surface area contributed by atoms with Crippen molar-refractivity contribution in [2.75, 3.05) is 0 Å². The minimum absolute atomic E-state index is 0.173. The SMILES string of the molecule is OB(O)c1cc(F)ccc1CSc1cnccn1. The van der Waals surface area contributed by atoms with Gasteiger partial charge in [-0.05, 0) is 23.2 Å². The van der Waals surface area contributed by atoms with Crippen LogP contribution < -0.4 is 5.46 Å². The average Bonchev–Trinajstić information content (AvgIpc) is 2.38. The Kier molecular flexibility index (Phi) is 4.30. The zero-order valence-corrected chi connectivity index (χ0v) is 10.1. The summed E-state index contributed by atoms with van der Waals surface area (Å²) in [5.74, 6) is -0.0299. The van der Waals surface area contributed by atoms with E-state index in [-0.39, 0.29) is 5.46 Å². The molecule has 1 heterocycles. The molecule has 2 rings (SSSR count). The molecule has 2 aromatic rings. The first-order chi connectivity index (χ1) is 8.66. The Hall–Kier alpha value is -1.44. The molecule has 0 saturated carbocycles. The van der Waals surface area contributed by atoms with Crippen LogP contribution in [0.3, 0.4) is 0 Å². The lowest BCUT2D eigenvalue weighted by Crippen LogP contribution is -2.33. The quantitative estimate of drug-likeness (QED) is 0.625. The van der Waals surface area contributed by atoms with Gasteiger partial charge in [-0.3, -0.25) is 4.98 Å². The van der Waals surface area contributed by atoms with Gasteiger partial charge in [0.1, 0.15) is 10.8 Å². The molecule has 92 valence electrons. The largest absolute Gasteiger partial charge is 0.488 e. The number of hydrogen-bond donors (Lipinski definition) is 2. The molecule has 0 radical (unpaired) electrons. The topological polar surface area (TPSA) is 66.2 Å². The standard InChI is InChI=1S/C11H10BFN2O2S/c13-9-2-1-8(10(5-9)12(16)17)7-18-11-6-14-3-4-15-11/h1-6,16-17H,7H2. The molecule has 0 aliphatic rings. The molecule has 0 atom stereocenters. The highest BCUT2D eigenvalue weighted by Crippen LogP contribution is 2.19. The highest BCUT2D eigenvalue weighted by molar-refractivity contribution is 7.98. The van der Waals surface area contributed by atoms with Crippen LogP contribution in [0.5, 0.6) is 0 Å². The highest BCUT2D eigenvalue weighted by Gasteiger charge is 2.16. The number of halogens is 1. The Morgan fingerprint density at radius 2 is 2.11 bits per heavy atom. The van der Waals surface area contributed by atoms with E-state index in [1.165, 1.54) is 23.9 Å². The summed E-state index contributed by atoms with van der Waals surface area (Å²) in [6.45, 7) is 0. The first-order valence-electron chi connectivity index (χ1n) is 5.20. The maximum Gasteiger partial charge on any atom is 0.488 e. The van der Waals surface area contributed by atoms with Crippen molar-refractivity contribution < 1.29 is 14.4 Å². The van der Waals surface area contributed by atoms with E-state index in [4.69, 9.17) is 0 Å². The summed E-state index contributed by atoms with van der Waals surface area (Å²) >= 11 is 1.39. The lowest BCUT2D eigenvalue weighted by Gasteiger charge is -2.08. The van der Waals surface area contributed by atoms with Crippen LogP contribution >= 0.6 is 11.8 Å². The minimum atomic E-state index is -1.68. The average molecular weight is 264 g/mol. The second-order valence-electron chi connectivity index (χ2n) is 3.55. The first kappa shape index (κ1) is 13.0. The van der Waals surface area contributed by atoms with E-state index < -0.39 is 12.9 Å². The van der Waals surface area contributed by atoms with E-state index in [1.807, 2.05) is 0 Å². The monoisotopic (exact) mass is 264 g/mol. The Morgan fingerprint density at radius 1 is 1.28 bits per heavy atom. The molecule has 0 spiro atoms. The normalized spacial score (nSPS) is 10.4. The number of aromatic nitrogens is 2. The van der Waals surface area contributed by atoms with Crippen LogP contribution in [0.15, 0.2) is 41.8 Å². The van der Waals surface area contributed by atoms with Crippen LogP contribution in [-0.2, 0) is 5.75 Å². The van der Waals surface area contributed by atoms with Gasteiger partial charge in [-0.2, -0.15) is 0 Å². The van der Waals surface area contributed by atoms with Crippen LogP contribution in [-0.4, -0.2) is 27.1 Å². The van der Waals surface area contributed by atoms with Crippen LogP contribution in [0.4, 0.5) is 4.39 Å². The molecule has 18 heavy (non-hydrogen) atoms. The van der Waals surface area contributed by atoms with Crippen LogP contribution in [0.25, 0.3) is 0 Å². The number of nitrogens with zero attached hydrogens (tertiary/aromatic N) is 2. The van der Waals surface area contributed by atoms with Gasteiger partial charge in [-0.15, -0.1) is 11.8 Å². The van der Waals surface area contributed by atoms with E-state index in [1.54, 1.807) is 18.6 Å². The van der Waals surface area contributed by atoms with Crippen LogP contribution in [0.1, 0.15) is 5.56 Å². The maximum atomic E-state index is 13.0. The number of rotatable bonds is 4. The van der Waals surface area contributed by atoms with Crippen molar-refractivity contribution >= 4 is 24.3 Å². The molecule has 4 nitrogen and oxygen atoms in total. The van der Waals surface area contributed by atoms with Gasteiger partial charge in [0, 0.05) is 18.1 Å². The molecule has 0 aliphatic carbocycles. The summed E-state index contributed by atoms with van der Waals surface area (Å²) in [7, 11) is -1.68. The summed E-state index contributed by atoms with van der Waals surface area (Å²) in [4.78, 5) is 8.01. The Labute approximate surface area is 108 Å². The fourth-order valence-corrected chi connectivity index (χ4v) is 2.29. The molecule has 1 aromatic heterocycles. The second-order valence-corrected chi connectivity index (χ2v) is 4.54. The number of hydrogen-bond acceptors (Lipinski definition) is 5. The third-order valence-corrected chi connectivity index (χ3v) is 3.26. The van der Waals surface area contributed by atoms with Crippen molar-refractivity contribution in [1.82, 2.24) is 9.97 Å². The fourth-order valence-electron chi connectivity index (χ4n) is 1.45. The van der Waals surface area contributed by atoms with Gasteiger partial charge in [0.05, 0.1) is 6.20 Å². The molecule has 0 unspecified atom stereocenters. The van der Waals surface area contributed by atoms with Crippen molar-refractivity contribution in [1.29, 1.82) is 0 Å². The molecule has 0 aliphatic heterocycles. The van der Waals surface area contributed by atoms with Gasteiger partial charge < -0.3 is 10.0 Å². The van der Waals surface area contributed by atoms with E-state index in [0.29, 0.717) is 11.3 Å². The highest BCUT2D eigenvalue weighted by atomic mass is 32.2. The summed E-state index contributed by atoms with van der Waals surface area (Å²) in [6, 6.07) is 3.95. The molecule has 2 N–H and O–H groups in total. The van der Waals surface area contributed by atoms with Gasteiger partial charge in [0.25, 0.3) is 0 Å². The van der Waals surface area contributed by atoms with Crippen LogP contribution in [0, 0.1) is 5.82 Å². The van der Waals surface area contributed by atoms with Crippen molar-refractivity contribution in [3.63, 3.8) is 0 Å². The van der Waals surface area contributed by atoms with Crippen LogP contribution in [0.2, 0.25) is 0 Å². The van der Waals surface area contributed by atoms with Crippen molar-refractivity contribution in [3.8, 4) is 0 Å². The summed E-state index contributed by atoms with van der Waals surface area (Å²) in [6.07, 6.45) is 4.77. The fraction of sp³-hybridized carbons (Fsp3) is 0.0909. The zero-order chi connectivity index (χ0) is 13.0. The van der Waals surface area contributed by atoms with Crippen molar-refractivity contribution in [2.45, 2.75) is 10.8 Å². The second kappa shape index (κ2) is 5.95. The zero-order valence-electron chi connectivity index (χ0n) is 9.32. The molecule has 7 heteroatoms. The van der Waals surface area contributed by atoms with Gasteiger partial charge in [-0.1, -0.05) is 6.07 Å². The Bertz CT molecular complexity index is 528. The molecular weight excluding hydrogens is 254 g/mol. The number of benzene rings is 1. The summed E-state index contributed by atoms with van der Waals surface area (Å²) < 4.78 is 13.0. The van der Waals surface area contributed by atoms with Gasteiger partial charge in [-0.25, -0.2) is 9.37 Å². The summed E-state index contributed by atoms with van der Waals surface area (Å²) in [5, 5.41) is 19.1. The molecule has 0 fully saturated rings. The van der Waals surface area contributed by atoms with Gasteiger partial charge >= 0.3 is 7.12 Å². The lowest BCUT2D eigenvalue weighted by atomic mass is 9.77. The molecule has 0 saturated heterocycles. The molecule has 0 bridgehead atoms. The minimum Gasteiger partial charge on any atom is -0.423 e. The predicted octanol–water partition coefficient (Wildman–Crippen LogP) is 0.588. The van der Waals surface area contributed by atoms with Gasteiger partial charge in [0.2, 0.25) is 0 Å².